The minimum absolute atomic E-state index is 0.110. The van der Waals surface area contributed by atoms with Crippen molar-refractivity contribution in [2.75, 3.05) is 22.6 Å². The van der Waals surface area contributed by atoms with Crippen LogP contribution in [0.2, 0.25) is 0 Å². The van der Waals surface area contributed by atoms with Crippen LogP contribution in [0.1, 0.15) is 29.6 Å². The van der Waals surface area contributed by atoms with Crippen LogP contribution >= 0.6 is 0 Å². The minimum atomic E-state index is -4.46. The Labute approximate surface area is 181 Å². The maximum atomic E-state index is 12.6. The van der Waals surface area contributed by atoms with Gasteiger partial charge in [-0.2, -0.15) is 18.2 Å². The molecule has 0 spiro atoms. The van der Waals surface area contributed by atoms with Gasteiger partial charge in [0, 0.05) is 19.4 Å². The zero-order valence-corrected chi connectivity index (χ0v) is 17.6. The van der Waals surface area contributed by atoms with Crippen LogP contribution in [0.4, 0.5) is 30.6 Å². The van der Waals surface area contributed by atoms with E-state index >= 15 is 0 Å². The molecule has 3 aromatic rings. The molecule has 0 bridgehead atoms. The molecule has 2 N–H and O–H groups in total. The standard InChI is InChI=1S/C20H21F3N8O/c1-11-16-17(30(3)12(2)18(32)28-16)29-19(27-11)25-7-14-9-31(10-26-14)8-13-4-5-15(24-6-13)20(21,22)23/h4-6,9-10,12H,7-8H2,1-3H3,(H,28,32)(H,25,27,29)/t12-/m0/s1. The molecule has 0 aliphatic carbocycles. The summed E-state index contributed by atoms with van der Waals surface area (Å²) in [6.45, 7) is 4.28. The molecular weight excluding hydrogens is 425 g/mol. The van der Waals surface area contributed by atoms with Gasteiger partial charge >= 0.3 is 6.18 Å². The maximum absolute atomic E-state index is 12.6. The number of imidazole rings is 1. The predicted molar refractivity (Wildman–Crippen MR) is 111 cm³/mol. The smallest absolute Gasteiger partial charge is 0.348 e. The summed E-state index contributed by atoms with van der Waals surface area (Å²) >= 11 is 0. The molecule has 0 unspecified atom stereocenters. The fraction of sp³-hybridized carbons (Fsp3) is 0.350. The third-order valence-electron chi connectivity index (χ3n) is 5.21. The molecule has 12 heteroatoms. The number of rotatable bonds is 5. The average Bonchev–Trinajstić information content (AvgIpc) is 3.18. The average molecular weight is 446 g/mol. The highest BCUT2D eigenvalue weighted by atomic mass is 19.4. The minimum Gasteiger partial charge on any atom is -0.348 e. The van der Waals surface area contributed by atoms with E-state index in [1.807, 2.05) is 0 Å². The lowest BCUT2D eigenvalue weighted by Gasteiger charge is -2.32. The van der Waals surface area contributed by atoms with E-state index in [1.165, 1.54) is 12.3 Å². The number of fused-ring (bicyclic) bond motifs is 1. The molecule has 0 aromatic carbocycles. The van der Waals surface area contributed by atoms with Crippen molar-refractivity contribution in [1.29, 1.82) is 0 Å². The van der Waals surface area contributed by atoms with Gasteiger partial charge in [-0.3, -0.25) is 9.78 Å². The van der Waals surface area contributed by atoms with Crippen molar-refractivity contribution < 1.29 is 18.0 Å². The molecule has 32 heavy (non-hydrogen) atoms. The summed E-state index contributed by atoms with van der Waals surface area (Å²) in [7, 11) is 1.80. The molecule has 4 heterocycles. The summed E-state index contributed by atoms with van der Waals surface area (Å²) in [5.41, 5.74) is 1.65. The van der Waals surface area contributed by atoms with Crippen LogP contribution in [0, 0.1) is 6.92 Å². The first-order chi connectivity index (χ1) is 15.1. The number of hydrogen-bond donors (Lipinski definition) is 2. The molecule has 168 valence electrons. The second-order valence-electron chi connectivity index (χ2n) is 7.55. The molecule has 0 saturated carbocycles. The van der Waals surface area contributed by atoms with Crippen molar-refractivity contribution in [3.63, 3.8) is 0 Å². The first-order valence-corrected chi connectivity index (χ1v) is 9.81. The van der Waals surface area contributed by atoms with Crippen LogP contribution in [-0.2, 0) is 24.1 Å². The van der Waals surface area contributed by atoms with Gasteiger partial charge in [-0.15, -0.1) is 0 Å². The predicted octanol–water partition coefficient (Wildman–Crippen LogP) is 2.83. The second-order valence-corrected chi connectivity index (χ2v) is 7.55. The molecule has 4 rings (SSSR count). The van der Waals surface area contributed by atoms with Gasteiger partial charge in [-0.25, -0.2) is 9.97 Å². The third-order valence-corrected chi connectivity index (χ3v) is 5.21. The molecule has 1 atom stereocenters. The number of anilines is 3. The van der Waals surface area contributed by atoms with Crippen molar-refractivity contribution in [3.8, 4) is 0 Å². The summed E-state index contributed by atoms with van der Waals surface area (Å²) in [6.07, 6.45) is 0.131. The van der Waals surface area contributed by atoms with E-state index in [0.29, 0.717) is 47.5 Å². The SMILES string of the molecule is Cc1nc(NCc2cn(Cc3ccc(C(F)(F)F)nc3)cn2)nc2c1NC(=O)[C@H](C)N2C. The molecule has 0 fully saturated rings. The second kappa shape index (κ2) is 8.09. The Bertz CT molecular complexity index is 1140. The number of carbonyl (C=O) groups excluding carboxylic acids is 1. The highest BCUT2D eigenvalue weighted by Gasteiger charge is 2.32. The van der Waals surface area contributed by atoms with E-state index in [2.05, 4.69) is 30.6 Å². The molecule has 9 nitrogen and oxygen atoms in total. The highest BCUT2D eigenvalue weighted by molar-refractivity contribution is 6.03. The first-order valence-electron chi connectivity index (χ1n) is 9.81. The zero-order chi connectivity index (χ0) is 23.0. The Morgan fingerprint density at radius 1 is 1.22 bits per heavy atom. The number of amides is 1. The zero-order valence-electron chi connectivity index (χ0n) is 17.6. The number of likely N-dealkylation sites (N-methyl/N-ethyl adjacent to an activating group) is 1. The number of alkyl halides is 3. The molecular formula is C20H21F3N8O. The monoisotopic (exact) mass is 446 g/mol. The Morgan fingerprint density at radius 2 is 2.00 bits per heavy atom. The van der Waals surface area contributed by atoms with E-state index in [1.54, 1.807) is 42.9 Å². The lowest BCUT2D eigenvalue weighted by Crippen LogP contribution is -2.44. The van der Waals surface area contributed by atoms with Crippen molar-refractivity contribution in [3.05, 3.63) is 53.5 Å². The molecule has 3 aromatic heterocycles. The van der Waals surface area contributed by atoms with Crippen LogP contribution in [0.25, 0.3) is 0 Å². The summed E-state index contributed by atoms with van der Waals surface area (Å²) in [6, 6.07) is 2.01. The van der Waals surface area contributed by atoms with E-state index in [0.717, 1.165) is 6.07 Å². The lowest BCUT2D eigenvalue weighted by atomic mass is 10.2. The fourth-order valence-corrected chi connectivity index (χ4v) is 3.28. The molecule has 1 amide bonds. The van der Waals surface area contributed by atoms with E-state index in [4.69, 9.17) is 0 Å². The van der Waals surface area contributed by atoms with Gasteiger partial charge in [0.05, 0.1) is 30.8 Å². The molecule has 0 radical (unpaired) electrons. The summed E-state index contributed by atoms with van der Waals surface area (Å²) in [4.78, 5) is 30.5. The Kier molecular flexibility index (Phi) is 5.45. The topological polar surface area (TPSA) is 101 Å². The number of nitrogens with zero attached hydrogens (tertiary/aromatic N) is 6. The van der Waals surface area contributed by atoms with Gasteiger partial charge in [-0.05, 0) is 25.5 Å². The molecule has 1 aliphatic heterocycles. The van der Waals surface area contributed by atoms with Crippen LogP contribution in [0.5, 0.6) is 0 Å². The number of aromatic nitrogens is 5. The van der Waals surface area contributed by atoms with Crippen LogP contribution in [0.15, 0.2) is 30.9 Å². The summed E-state index contributed by atoms with van der Waals surface area (Å²) in [5, 5.41) is 5.96. The van der Waals surface area contributed by atoms with E-state index in [-0.39, 0.29) is 11.9 Å². The van der Waals surface area contributed by atoms with Crippen LogP contribution in [0.3, 0.4) is 0 Å². The van der Waals surface area contributed by atoms with Gasteiger partial charge in [0.15, 0.2) is 5.82 Å². The number of carbonyl (C=O) groups is 1. The van der Waals surface area contributed by atoms with Gasteiger partial charge in [0.25, 0.3) is 0 Å². The summed E-state index contributed by atoms with van der Waals surface area (Å²) in [5.74, 6) is 0.923. The molecule has 0 saturated heterocycles. The summed E-state index contributed by atoms with van der Waals surface area (Å²) < 4.78 is 39.7. The largest absolute Gasteiger partial charge is 0.433 e. The van der Waals surface area contributed by atoms with Crippen LogP contribution < -0.4 is 15.5 Å². The van der Waals surface area contributed by atoms with Gasteiger partial charge in [0.2, 0.25) is 11.9 Å². The number of halogens is 3. The fourth-order valence-electron chi connectivity index (χ4n) is 3.28. The van der Waals surface area contributed by atoms with Gasteiger partial charge in [0.1, 0.15) is 17.4 Å². The van der Waals surface area contributed by atoms with Crippen molar-refractivity contribution in [1.82, 2.24) is 24.5 Å². The number of pyridine rings is 1. The van der Waals surface area contributed by atoms with Crippen molar-refractivity contribution >= 4 is 23.4 Å². The molecule has 1 aliphatic rings. The van der Waals surface area contributed by atoms with Crippen molar-refractivity contribution in [2.24, 2.45) is 0 Å². The number of nitrogens with one attached hydrogen (secondary N) is 2. The number of aryl methyl sites for hydroxylation is 1. The maximum Gasteiger partial charge on any atom is 0.433 e. The van der Waals surface area contributed by atoms with Crippen molar-refractivity contribution in [2.45, 2.75) is 39.2 Å². The quantitative estimate of drug-likeness (QED) is 0.622. The van der Waals surface area contributed by atoms with E-state index in [9.17, 15) is 18.0 Å². The Balaban J connectivity index is 1.42. The Hall–Kier alpha value is -3.70. The van der Waals surface area contributed by atoms with Gasteiger partial charge in [-0.1, -0.05) is 6.07 Å². The Morgan fingerprint density at radius 3 is 2.69 bits per heavy atom. The van der Waals surface area contributed by atoms with Gasteiger partial charge < -0.3 is 20.1 Å². The third kappa shape index (κ3) is 4.34. The van der Waals surface area contributed by atoms with Crippen LogP contribution in [-0.4, -0.2) is 43.5 Å². The first kappa shape index (κ1) is 21.5. The van der Waals surface area contributed by atoms with E-state index < -0.39 is 11.9 Å². The normalized spacial score (nSPS) is 16.0. The lowest BCUT2D eigenvalue weighted by molar-refractivity contribution is -0.141. The number of hydrogen-bond acceptors (Lipinski definition) is 7. The highest BCUT2D eigenvalue weighted by Crippen LogP contribution is 2.32.